The van der Waals surface area contributed by atoms with Crippen LogP contribution in [0.25, 0.3) is 0 Å². The molecule has 0 aliphatic rings. The molecule has 0 aromatic heterocycles. The number of carbonyl (C=O) groups is 1. The van der Waals surface area contributed by atoms with E-state index in [9.17, 15) is 4.79 Å². The average Bonchev–Trinajstić information content (AvgIpc) is 2.54. The van der Waals surface area contributed by atoms with Gasteiger partial charge in [0.25, 0.3) is 0 Å². The first kappa shape index (κ1) is 23.4. The molecule has 0 spiro atoms. The summed E-state index contributed by atoms with van der Waals surface area (Å²) >= 11 is 0. The fourth-order valence-electron chi connectivity index (χ4n) is 2.31. The molecule has 0 fully saturated rings. The van der Waals surface area contributed by atoms with Gasteiger partial charge in [-0.1, -0.05) is 40.5 Å². The first-order chi connectivity index (χ1) is 11.8. The van der Waals surface area contributed by atoms with Gasteiger partial charge in [0.1, 0.15) is 6.61 Å². The van der Waals surface area contributed by atoms with Gasteiger partial charge >= 0.3 is 5.97 Å². The van der Waals surface area contributed by atoms with Crippen molar-refractivity contribution in [3.8, 4) is 0 Å². The van der Waals surface area contributed by atoms with E-state index in [0.29, 0.717) is 6.61 Å². The summed E-state index contributed by atoms with van der Waals surface area (Å²) < 4.78 is 4.91. The Morgan fingerprint density at radius 1 is 0.720 bits per heavy atom. The van der Waals surface area contributed by atoms with Gasteiger partial charge < -0.3 is 9.84 Å². The quantitative estimate of drug-likeness (QED) is 0.365. The fourth-order valence-corrected chi connectivity index (χ4v) is 2.31. The van der Waals surface area contributed by atoms with Gasteiger partial charge in [-0.2, -0.15) is 0 Å². The predicted molar refractivity (Wildman–Crippen MR) is 106 cm³/mol. The number of esters is 1. The lowest BCUT2D eigenvalue weighted by atomic mass is 10.0. The number of ether oxygens (including phenoxy) is 1. The van der Waals surface area contributed by atoms with Crippen molar-refractivity contribution in [2.24, 2.45) is 0 Å². The summed E-state index contributed by atoms with van der Waals surface area (Å²) in [5.41, 5.74) is 5.14. The lowest BCUT2D eigenvalue weighted by Crippen LogP contribution is -1.98. The predicted octanol–water partition coefficient (Wildman–Crippen LogP) is 5.67. The number of allylic oxidation sites excluding steroid dienone is 6. The van der Waals surface area contributed by atoms with Crippen LogP contribution in [0.1, 0.15) is 73.1 Å². The third-order valence-corrected chi connectivity index (χ3v) is 4.06. The van der Waals surface area contributed by atoms with E-state index in [1.807, 2.05) is 13.0 Å². The van der Waals surface area contributed by atoms with Gasteiger partial charge in [-0.3, -0.25) is 4.79 Å². The van der Waals surface area contributed by atoms with Crippen LogP contribution < -0.4 is 0 Å². The highest BCUT2D eigenvalue weighted by Gasteiger charge is 1.95. The molecule has 0 saturated heterocycles. The summed E-state index contributed by atoms with van der Waals surface area (Å²) in [6.07, 6.45) is 15.0. The zero-order chi connectivity index (χ0) is 19.1. The monoisotopic (exact) mass is 348 g/mol. The Balaban J connectivity index is 4.00. The number of aliphatic hydroxyl groups is 1. The SMILES string of the molecule is CC(=O)OC/C=C(\C)CC/C=C(\C)CC/C=C(\C)CC/C=C(\C)CO. The molecule has 1 N–H and O–H groups in total. The van der Waals surface area contributed by atoms with E-state index in [-0.39, 0.29) is 12.6 Å². The van der Waals surface area contributed by atoms with Crippen LogP contribution >= 0.6 is 0 Å². The smallest absolute Gasteiger partial charge is 0.302 e. The molecule has 0 aromatic carbocycles. The number of rotatable bonds is 12. The summed E-state index contributed by atoms with van der Waals surface area (Å²) in [7, 11) is 0. The van der Waals surface area contributed by atoms with Crippen LogP contribution in [0.4, 0.5) is 0 Å². The maximum atomic E-state index is 10.7. The van der Waals surface area contributed by atoms with Crippen LogP contribution in [0.15, 0.2) is 46.6 Å². The lowest BCUT2D eigenvalue weighted by molar-refractivity contribution is -0.139. The zero-order valence-corrected chi connectivity index (χ0v) is 16.7. The van der Waals surface area contributed by atoms with E-state index in [2.05, 4.69) is 39.0 Å². The molecule has 0 aromatic rings. The Morgan fingerprint density at radius 2 is 1.12 bits per heavy atom. The first-order valence-electron chi connectivity index (χ1n) is 9.22. The fraction of sp³-hybridized carbons (Fsp3) is 0.591. The molecular formula is C22H36O3. The Kier molecular flexibility index (Phi) is 13.8. The second-order valence-corrected chi connectivity index (χ2v) is 6.78. The first-order valence-corrected chi connectivity index (χ1v) is 9.22. The largest absolute Gasteiger partial charge is 0.462 e. The van der Waals surface area contributed by atoms with Gasteiger partial charge in [0.05, 0.1) is 6.61 Å². The maximum absolute atomic E-state index is 10.7. The minimum Gasteiger partial charge on any atom is -0.462 e. The number of carbonyl (C=O) groups excluding carboxylic acids is 1. The van der Waals surface area contributed by atoms with E-state index >= 15 is 0 Å². The molecule has 0 aliphatic heterocycles. The van der Waals surface area contributed by atoms with E-state index in [1.165, 1.54) is 23.6 Å². The molecule has 0 saturated carbocycles. The Morgan fingerprint density at radius 3 is 1.52 bits per heavy atom. The van der Waals surface area contributed by atoms with Crippen molar-refractivity contribution >= 4 is 5.97 Å². The second-order valence-electron chi connectivity index (χ2n) is 6.78. The number of aliphatic hydroxyl groups excluding tert-OH is 1. The second kappa shape index (κ2) is 14.7. The van der Waals surface area contributed by atoms with Crippen molar-refractivity contribution in [2.75, 3.05) is 13.2 Å². The molecule has 142 valence electrons. The Hall–Kier alpha value is -1.61. The van der Waals surface area contributed by atoms with Gasteiger partial charge in [0.2, 0.25) is 0 Å². The molecule has 3 heteroatoms. The zero-order valence-electron chi connectivity index (χ0n) is 16.7. The number of hydrogen-bond acceptors (Lipinski definition) is 3. The van der Waals surface area contributed by atoms with Gasteiger partial charge in [-0.25, -0.2) is 0 Å². The van der Waals surface area contributed by atoms with Gasteiger partial charge in [0, 0.05) is 6.92 Å². The molecule has 0 radical (unpaired) electrons. The van der Waals surface area contributed by atoms with Crippen molar-refractivity contribution in [2.45, 2.75) is 73.1 Å². The van der Waals surface area contributed by atoms with Crippen LogP contribution in [0.3, 0.4) is 0 Å². The Bertz CT molecular complexity index is 507. The molecule has 0 rings (SSSR count). The minimum absolute atomic E-state index is 0.158. The summed E-state index contributed by atoms with van der Waals surface area (Å²) in [4.78, 5) is 10.7. The van der Waals surface area contributed by atoms with E-state index in [1.54, 1.807) is 0 Å². The van der Waals surface area contributed by atoms with Gasteiger partial charge in [0.15, 0.2) is 0 Å². The van der Waals surface area contributed by atoms with Crippen LogP contribution in [0.5, 0.6) is 0 Å². The van der Waals surface area contributed by atoms with Crippen molar-refractivity contribution in [1.82, 2.24) is 0 Å². The minimum atomic E-state index is -0.234. The lowest BCUT2D eigenvalue weighted by Gasteiger charge is -2.03. The van der Waals surface area contributed by atoms with Crippen molar-refractivity contribution < 1.29 is 14.6 Å². The molecule has 0 amide bonds. The standard InChI is InChI=1S/C22H36O3/c1-18(11-7-13-20(3)15-16-25-22(5)24)9-6-10-19(2)12-8-14-21(4)17-23/h10-11,14-15,23H,6-9,12-13,16-17H2,1-5H3/b18-11+,19-10+,20-15+,21-14+. The van der Waals surface area contributed by atoms with Crippen LogP contribution in [0, 0.1) is 0 Å². The summed E-state index contributed by atoms with van der Waals surface area (Å²) in [5.74, 6) is -0.234. The van der Waals surface area contributed by atoms with E-state index in [0.717, 1.165) is 44.1 Å². The third-order valence-electron chi connectivity index (χ3n) is 4.06. The molecule has 0 aliphatic carbocycles. The molecular weight excluding hydrogens is 312 g/mol. The number of hydrogen-bond donors (Lipinski definition) is 1. The topological polar surface area (TPSA) is 46.5 Å². The molecule has 0 atom stereocenters. The van der Waals surface area contributed by atoms with Gasteiger partial charge in [-0.15, -0.1) is 0 Å². The summed E-state index contributed by atoms with van der Waals surface area (Å²) in [6, 6.07) is 0. The van der Waals surface area contributed by atoms with E-state index in [4.69, 9.17) is 9.84 Å². The normalized spacial score (nSPS) is 14.0. The molecule has 0 bridgehead atoms. The van der Waals surface area contributed by atoms with Crippen LogP contribution in [0.2, 0.25) is 0 Å². The van der Waals surface area contributed by atoms with Crippen molar-refractivity contribution in [3.05, 3.63) is 46.6 Å². The summed E-state index contributed by atoms with van der Waals surface area (Å²) in [5, 5.41) is 8.96. The Labute approximate surface area is 154 Å². The maximum Gasteiger partial charge on any atom is 0.302 e. The average molecular weight is 349 g/mol. The molecule has 0 unspecified atom stereocenters. The molecule has 3 nitrogen and oxygen atoms in total. The highest BCUT2D eigenvalue weighted by molar-refractivity contribution is 5.66. The van der Waals surface area contributed by atoms with Crippen LogP contribution in [-0.4, -0.2) is 24.3 Å². The third kappa shape index (κ3) is 15.6. The van der Waals surface area contributed by atoms with Gasteiger partial charge in [-0.05, 0) is 72.3 Å². The van der Waals surface area contributed by atoms with Crippen LogP contribution in [-0.2, 0) is 9.53 Å². The van der Waals surface area contributed by atoms with Crippen molar-refractivity contribution in [1.29, 1.82) is 0 Å². The van der Waals surface area contributed by atoms with Crippen molar-refractivity contribution in [3.63, 3.8) is 0 Å². The summed E-state index contributed by atoms with van der Waals surface area (Å²) in [6.45, 7) is 10.4. The molecule has 0 heterocycles. The highest BCUT2D eigenvalue weighted by atomic mass is 16.5. The molecule has 25 heavy (non-hydrogen) atoms. The van der Waals surface area contributed by atoms with E-state index < -0.39 is 0 Å². The highest BCUT2D eigenvalue weighted by Crippen LogP contribution is 2.13.